The Morgan fingerprint density at radius 2 is 2.10 bits per heavy atom. The fraction of sp³-hybridized carbons (Fsp3) is 0.417. The predicted molar refractivity (Wildman–Crippen MR) is 75.0 cm³/mol. The SMILES string of the molecule is COC(=O)C(Nc1ccc(Br)c(F)c1[N+](=O)[O-])C(C)C. The number of halogens is 2. The molecule has 6 nitrogen and oxygen atoms in total. The second-order valence-corrected chi connectivity index (χ2v) is 5.26. The molecule has 110 valence electrons. The summed E-state index contributed by atoms with van der Waals surface area (Å²) in [6, 6.07) is 1.86. The zero-order valence-corrected chi connectivity index (χ0v) is 12.7. The maximum atomic E-state index is 13.8. The fourth-order valence-corrected chi connectivity index (χ4v) is 1.95. The van der Waals surface area contributed by atoms with Crippen molar-refractivity contribution >= 4 is 33.3 Å². The van der Waals surface area contributed by atoms with E-state index >= 15 is 0 Å². The third-order valence-electron chi connectivity index (χ3n) is 2.68. The van der Waals surface area contributed by atoms with Gasteiger partial charge in [0.2, 0.25) is 5.82 Å². The summed E-state index contributed by atoms with van der Waals surface area (Å²) in [5.41, 5.74) is -0.784. The van der Waals surface area contributed by atoms with Gasteiger partial charge in [0, 0.05) is 0 Å². The molecule has 1 aromatic carbocycles. The van der Waals surface area contributed by atoms with Crippen molar-refractivity contribution < 1.29 is 18.8 Å². The van der Waals surface area contributed by atoms with Crippen molar-refractivity contribution in [2.45, 2.75) is 19.9 Å². The van der Waals surface area contributed by atoms with Crippen LogP contribution in [0.15, 0.2) is 16.6 Å². The molecular weight excluding hydrogens is 335 g/mol. The Balaban J connectivity index is 3.23. The Morgan fingerprint density at radius 3 is 2.55 bits per heavy atom. The molecule has 0 spiro atoms. The Kier molecular flexibility index (Phi) is 5.43. The number of hydrogen-bond acceptors (Lipinski definition) is 5. The van der Waals surface area contributed by atoms with Crippen LogP contribution in [0.5, 0.6) is 0 Å². The molecule has 1 rings (SSSR count). The van der Waals surface area contributed by atoms with Crippen LogP contribution in [0.4, 0.5) is 15.8 Å². The molecule has 8 heteroatoms. The highest BCUT2D eigenvalue weighted by Crippen LogP contribution is 2.33. The smallest absolute Gasteiger partial charge is 0.328 e. The Hall–Kier alpha value is -1.70. The number of nitrogens with one attached hydrogen (secondary N) is 1. The lowest BCUT2D eigenvalue weighted by atomic mass is 10.0. The Morgan fingerprint density at radius 1 is 1.50 bits per heavy atom. The largest absolute Gasteiger partial charge is 0.467 e. The molecule has 0 heterocycles. The lowest BCUT2D eigenvalue weighted by Crippen LogP contribution is -2.35. The number of carbonyl (C=O) groups is 1. The van der Waals surface area contributed by atoms with Crippen LogP contribution in [0.3, 0.4) is 0 Å². The number of nitro benzene ring substituents is 1. The van der Waals surface area contributed by atoms with E-state index in [0.29, 0.717) is 0 Å². The number of ether oxygens (including phenoxy) is 1. The van der Waals surface area contributed by atoms with E-state index in [9.17, 15) is 19.3 Å². The van der Waals surface area contributed by atoms with Crippen LogP contribution in [0.25, 0.3) is 0 Å². The van der Waals surface area contributed by atoms with Gasteiger partial charge in [-0.05, 0) is 34.0 Å². The van der Waals surface area contributed by atoms with Gasteiger partial charge in [-0.25, -0.2) is 4.79 Å². The molecule has 0 aliphatic heterocycles. The summed E-state index contributed by atoms with van der Waals surface area (Å²) < 4.78 is 18.4. The first-order chi connectivity index (χ1) is 9.29. The van der Waals surface area contributed by atoms with E-state index in [1.165, 1.54) is 19.2 Å². The van der Waals surface area contributed by atoms with Gasteiger partial charge in [-0.15, -0.1) is 0 Å². The molecule has 20 heavy (non-hydrogen) atoms. The summed E-state index contributed by atoms with van der Waals surface area (Å²) in [6.07, 6.45) is 0. The maximum absolute atomic E-state index is 13.8. The van der Waals surface area contributed by atoms with Gasteiger partial charge < -0.3 is 10.1 Å². The molecule has 1 atom stereocenters. The van der Waals surface area contributed by atoms with Crippen LogP contribution in [0.1, 0.15) is 13.8 Å². The van der Waals surface area contributed by atoms with Crippen molar-refractivity contribution in [3.63, 3.8) is 0 Å². The van der Waals surface area contributed by atoms with Gasteiger partial charge in [0.05, 0.1) is 16.5 Å². The third kappa shape index (κ3) is 3.44. The first-order valence-corrected chi connectivity index (χ1v) is 6.55. The topological polar surface area (TPSA) is 81.5 Å². The minimum atomic E-state index is -0.993. The number of anilines is 1. The number of hydrogen-bond donors (Lipinski definition) is 1. The average Bonchev–Trinajstić information content (AvgIpc) is 2.38. The van der Waals surface area contributed by atoms with Crippen molar-refractivity contribution in [3.8, 4) is 0 Å². The van der Waals surface area contributed by atoms with Crippen LogP contribution < -0.4 is 5.32 Å². The Bertz CT molecular complexity index is 536. The van der Waals surface area contributed by atoms with Gasteiger partial charge in [-0.2, -0.15) is 4.39 Å². The quantitative estimate of drug-likeness (QED) is 0.502. The molecule has 0 aliphatic rings. The summed E-state index contributed by atoms with van der Waals surface area (Å²) in [7, 11) is 1.22. The van der Waals surface area contributed by atoms with Gasteiger partial charge in [0.25, 0.3) is 0 Å². The van der Waals surface area contributed by atoms with Crippen molar-refractivity contribution in [1.29, 1.82) is 0 Å². The van der Waals surface area contributed by atoms with E-state index in [1.807, 2.05) is 0 Å². The van der Waals surface area contributed by atoms with Gasteiger partial charge in [-0.1, -0.05) is 13.8 Å². The number of benzene rings is 1. The minimum absolute atomic E-state index is 0.0195. The summed E-state index contributed by atoms with van der Waals surface area (Å²) in [5.74, 6) is -1.75. The second kappa shape index (κ2) is 6.65. The molecule has 0 fully saturated rings. The monoisotopic (exact) mass is 348 g/mol. The van der Waals surface area contributed by atoms with Crippen molar-refractivity contribution in [2.75, 3.05) is 12.4 Å². The first-order valence-electron chi connectivity index (χ1n) is 5.76. The zero-order valence-electron chi connectivity index (χ0n) is 11.1. The average molecular weight is 349 g/mol. The predicted octanol–water partition coefficient (Wildman–Crippen LogP) is 3.11. The van der Waals surface area contributed by atoms with E-state index in [0.717, 1.165) is 0 Å². The van der Waals surface area contributed by atoms with E-state index in [2.05, 4.69) is 26.0 Å². The summed E-state index contributed by atoms with van der Waals surface area (Å²) >= 11 is 2.89. The zero-order chi connectivity index (χ0) is 15.4. The molecule has 0 aromatic heterocycles. The van der Waals surface area contributed by atoms with Gasteiger partial charge in [0.1, 0.15) is 11.7 Å². The molecule has 0 saturated carbocycles. The van der Waals surface area contributed by atoms with E-state index in [4.69, 9.17) is 0 Å². The normalized spacial score (nSPS) is 12.1. The molecule has 1 N–H and O–H groups in total. The highest BCUT2D eigenvalue weighted by Gasteiger charge is 2.29. The van der Waals surface area contributed by atoms with Crippen LogP contribution in [0, 0.1) is 21.8 Å². The van der Waals surface area contributed by atoms with Gasteiger partial charge >= 0.3 is 11.7 Å². The highest BCUT2D eigenvalue weighted by atomic mass is 79.9. The van der Waals surface area contributed by atoms with Crippen LogP contribution in [-0.2, 0) is 9.53 Å². The molecule has 1 aromatic rings. The summed E-state index contributed by atoms with van der Waals surface area (Å²) in [6.45, 7) is 3.49. The molecule has 0 saturated heterocycles. The van der Waals surface area contributed by atoms with Crippen molar-refractivity contribution in [2.24, 2.45) is 5.92 Å². The number of methoxy groups -OCH3 is 1. The number of esters is 1. The summed E-state index contributed by atoms with van der Waals surface area (Å²) in [4.78, 5) is 21.8. The molecule has 0 aliphatic carbocycles. The number of carbonyl (C=O) groups excluding carboxylic acids is 1. The highest BCUT2D eigenvalue weighted by molar-refractivity contribution is 9.10. The molecule has 0 amide bonds. The third-order valence-corrected chi connectivity index (χ3v) is 3.30. The first kappa shape index (κ1) is 16.4. The standard InChI is InChI=1S/C12H14BrFN2O4/c1-6(2)10(12(17)20-3)15-8-5-4-7(13)9(14)11(8)16(18)19/h4-6,10,15H,1-3H3. The van der Waals surface area contributed by atoms with E-state index in [1.54, 1.807) is 13.8 Å². The van der Waals surface area contributed by atoms with Crippen LogP contribution >= 0.6 is 15.9 Å². The van der Waals surface area contributed by atoms with Crippen molar-refractivity contribution in [3.05, 3.63) is 32.5 Å². The van der Waals surface area contributed by atoms with Crippen LogP contribution in [-0.4, -0.2) is 24.0 Å². The van der Waals surface area contributed by atoms with E-state index < -0.39 is 28.4 Å². The van der Waals surface area contributed by atoms with Gasteiger partial charge in [-0.3, -0.25) is 10.1 Å². The number of rotatable bonds is 5. The second-order valence-electron chi connectivity index (χ2n) is 4.40. The Labute approximate surface area is 123 Å². The molecular formula is C12H14BrFN2O4. The fourth-order valence-electron chi connectivity index (χ4n) is 1.63. The summed E-state index contributed by atoms with van der Waals surface area (Å²) in [5, 5.41) is 13.6. The molecule has 0 radical (unpaired) electrons. The number of nitro groups is 1. The van der Waals surface area contributed by atoms with Crippen LogP contribution in [0.2, 0.25) is 0 Å². The van der Waals surface area contributed by atoms with E-state index in [-0.39, 0.29) is 16.1 Å². The maximum Gasteiger partial charge on any atom is 0.328 e. The lowest BCUT2D eigenvalue weighted by molar-refractivity contribution is -0.386. The van der Waals surface area contributed by atoms with Crippen molar-refractivity contribution in [1.82, 2.24) is 0 Å². The van der Waals surface area contributed by atoms with Gasteiger partial charge in [0.15, 0.2) is 0 Å². The lowest BCUT2D eigenvalue weighted by Gasteiger charge is -2.21. The molecule has 0 bridgehead atoms. The minimum Gasteiger partial charge on any atom is -0.467 e. The number of nitrogens with zero attached hydrogens (tertiary/aromatic N) is 1. The molecule has 1 unspecified atom stereocenters.